The smallest absolute Gasteiger partial charge is 0.263 e. The second-order valence-corrected chi connectivity index (χ2v) is 9.55. The van der Waals surface area contributed by atoms with E-state index in [0.717, 1.165) is 35.3 Å². The van der Waals surface area contributed by atoms with E-state index >= 15 is 0 Å². The first-order valence-electron chi connectivity index (χ1n) is 10.5. The molecule has 166 valence electrons. The van der Waals surface area contributed by atoms with Crippen LogP contribution < -0.4 is 10.3 Å². The summed E-state index contributed by atoms with van der Waals surface area (Å²) in [6, 6.07) is 9.23. The summed E-state index contributed by atoms with van der Waals surface area (Å²) in [7, 11) is 1.65. The molecule has 0 radical (unpaired) electrons. The number of methoxy groups -OCH3 is 1. The summed E-state index contributed by atoms with van der Waals surface area (Å²) >= 11 is 7.39. The monoisotopic (exact) mass is 479 g/mol. The number of phenolic OH excluding ortho intramolecular Hbond substituents is 1. The van der Waals surface area contributed by atoms with Crippen LogP contribution in [0.3, 0.4) is 0 Å². The van der Waals surface area contributed by atoms with Crippen molar-refractivity contribution in [2.24, 2.45) is 0 Å². The van der Waals surface area contributed by atoms with Crippen LogP contribution in [0.4, 0.5) is 0 Å². The Hall–Kier alpha value is -3.36. The summed E-state index contributed by atoms with van der Waals surface area (Å²) in [5.74, 6) is 1.72. The van der Waals surface area contributed by atoms with Crippen molar-refractivity contribution in [1.82, 2.24) is 14.7 Å². The van der Waals surface area contributed by atoms with E-state index < -0.39 is 0 Å². The van der Waals surface area contributed by atoms with Gasteiger partial charge in [-0.25, -0.2) is 4.98 Å². The number of hydrogen-bond donors (Lipinski definition) is 1. The van der Waals surface area contributed by atoms with E-state index in [2.05, 4.69) is 5.16 Å². The van der Waals surface area contributed by atoms with Crippen molar-refractivity contribution in [3.8, 4) is 22.9 Å². The molecule has 1 fully saturated rings. The highest BCUT2D eigenvalue weighted by molar-refractivity contribution is 7.25. The molecular formula is C24H18ClN3O4S. The molecule has 1 aliphatic carbocycles. The molecule has 0 saturated heterocycles. The van der Waals surface area contributed by atoms with Crippen molar-refractivity contribution in [2.75, 3.05) is 7.11 Å². The third kappa shape index (κ3) is 3.29. The summed E-state index contributed by atoms with van der Waals surface area (Å²) in [5.41, 5.74) is 2.58. The average molecular weight is 480 g/mol. The number of benzene rings is 2. The van der Waals surface area contributed by atoms with Gasteiger partial charge in [0.1, 0.15) is 22.7 Å². The quantitative estimate of drug-likeness (QED) is 0.355. The summed E-state index contributed by atoms with van der Waals surface area (Å²) in [5, 5.41) is 15.6. The Morgan fingerprint density at radius 1 is 1.30 bits per heavy atom. The largest absolute Gasteiger partial charge is 0.505 e. The molecule has 33 heavy (non-hydrogen) atoms. The molecule has 9 heteroatoms. The van der Waals surface area contributed by atoms with Crippen LogP contribution in [0.1, 0.15) is 29.9 Å². The van der Waals surface area contributed by atoms with Gasteiger partial charge < -0.3 is 14.4 Å². The number of aromatic hydroxyl groups is 1. The summed E-state index contributed by atoms with van der Waals surface area (Å²) < 4.78 is 12.6. The van der Waals surface area contributed by atoms with Crippen LogP contribution in [0, 0.1) is 0 Å². The Bertz CT molecular complexity index is 1590. The van der Waals surface area contributed by atoms with Gasteiger partial charge in [-0.3, -0.25) is 9.36 Å². The van der Waals surface area contributed by atoms with E-state index in [1.165, 1.54) is 17.6 Å². The Morgan fingerprint density at radius 3 is 2.88 bits per heavy atom. The molecule has 5 aromatic rings. The Kier molecular flexibility index (Phi) is 4.67. The predicted molar refractivity (Wildman–Crippen MR) is 128 cm³/mol. The Balaban J connectivity index is 1.68. The minimum absolute atomic E-state index is 0.0354. The molecule has 1 aliphatic rings. The fraction of sp³-hybridized carbons (Fsp3) is 0.208. The van der Waals surface area contributed by atoms with Crippen molar-refractivity contribution in [3.63, 3.8) is 0 Å². The zero-order chi connectivity index (χ0) is 22.7. The van der Waals surface area contributed by atoms with Crippen LogP contribution in [0.25, 0.3) is 31.7 Å². The lowest BCUT2D eigenvalue weighted by Crippen LogP contribution is -2.24. The molecule has 0 bridgehead atoms. The van der Waals surface area contributed by atoms with Gasteiger partial charge in [-0.2, -0.15) is 0 Å². The molecule has 1 saturated carbocycles. The van der Waals surface area contributed by atoms with Gasteiger partial charge >= 0.3 is 0 Å². The van der Waals surface area contributed by atoms with Crippen molar-refractivity contribution in [3.05, 3.63) is 69.3 Å². The average Bonchev–Trinajstić information content (AvgIpc) is 3.41. The SMILES string of the molecule is COc1ccc(-c2nc3sc4c(O)c(Cl)ccc4c3c(=O)n2Cc2cnoc2)c(C2CC2)c1. The number of phenols is 1. The van der Waals surface area contributed by atoms with Crippen LogP contribution in [0.2, 0.25) is 5.02 Å². The van der Waals surface area contributed by atoms with Crippen LogP contribution in [-0.4, -0.2) is 26.9 Å². The molecule has 7 nitrogen and oxygen atoms in total. The van der Waals surface area contributed by atoms with Gasteiger partial charge in [0.25, 0.3) is 5.56 Å². The van der Waals surface area contributed by atoms with Gasteiger partial charge in [0.2, 0.25) is 0 Å². The van der Waals surface area contributed by atoms with Crippen molar-refractivity contribution in [2.45, 2.75) is 25.3 Å². The summed E-state index contributed by atoms with van der Waals surface area (Å²) in [6.07, 6.45) is 5.29. The maximum absolute atomic E-state index is 13.9. The van der Waals surface area contributed by atoms with Crippen LogP contribution >= 0.6 is 22.9 Å². The molecule has 3 aromatic heterocycles. The van der Waals surface area contributed by atoms with Crippen LogP contribution in [0.15, 0.2) is 52.1 Å². The van der Waals surface area contributed by atoms with Crippen LogP contribution in [0.5, 0.6) is 11.5 Å². The zero-order valence-electron chi connectivity index (χ0n) is 17.5. The van der Waals surface area contributed by atoms with E-state index in [4.69, 9.17) is 25.8 Å². The van der Waals surface area contributed by atoms with Gasteiger partial charge in [-0.05, 0) is 48.6 Å². The second-order valence-electron chi connectivity index (χ2n) is 8.14. The maximum Gasteiger partial charge on any atom is 0.263 e. The molecule has 3 heterocycles. The minimum Gasteiger partial charge on any atom is -0.505 e. The number of halogens is 1. The van der Waals surface area contributed by atoms with Gasteiger partial charge in [0, 0.05) is 16.5 Å². The van der Waals surface area contributed by atoms with E-state index in [9.17, 15) is 9.90 Å². The molecule has 0 aliphatic heterocycles. The fourth-order valence-corrected chi connectivity index (χ4v) is 5.55. The van der Waals surface area contributed by atoms with Crippen molar-refractivity contribution < 1.29 is 14.4 Å². The first-order chi connectivity index (χ1) is 16.0. The fourth-order valence-electron chi connectivity index (χ4n) is 4.23. The lowest BCUT2D eigenvalue weighted by molar-refractivity contribution is 0.414. The standard InChI is InChI=1S/C24H18ClN3O4S/c1-31-14-4-5-15(17(8-14)13-2-3-13)22-27-23-19(16-6-7-18(25)20(29)21(16)33-23)24(30)28(22)10-12-9-26-32-11-12/h4-9,11,13,29H,2-3,10H2,1H3. The van der Waals surface area contributed by atoms with Crippen LogP contribution in [-0.2, 0) is 6.54 Å². The molecule has 0 amide bonds. The molecular weight excluding hydrogens is 462 g/mol. The Morgan fingerprint density at radius 2 is 2.15 bits per heavy atom. The van der Waals surface area contributed by atoms with Crippen molar-refractivity contribution >= 4 is 43.2 Å². The number of aromatic nitrogens is 3. The first kappa shape index (κ1) is 20.3. The molecule has 0 unspecified atom stereocenters. The summed E-state index contributed by atoms with van der Waals surface area (Å²) in [6.45, 7) is 0.258. The highest BCUT2D eigenvalue weighted by atomic mass is 35.5. The number of fused-ring (bicyclic) bond motifs is 3. The Labute approximate surface area is 196 Å². The lowest BCUT2D eigenvalue weighted by Gasteiger charge is -2.16. The third-order valence-electron chi connectivity index (χ3n) is 6.03. The first-order valence-corrected chi connectivity index (χ1v) is 11.7. The molecule has 0 atom stereocenters. The zero-order valence-corrected chi connectivity index (χ0v) is 19.1. The molecule has 2 aromatic carbocycles. The third-order valence-corrected chi connectivity index (χ3v) is 7.44. The van der Waals surface area contributed by atoms with Gasteiger partial charge in [-0.1, -0.05) is 22.8 Å². The predicted octanol–water partition coefficient (Wildman–Crippen LogP) is 5.56. The second kappa shape index (κ2) is 7.60. The number of nitrogens with zero attached hydrogens (tertiary/aromatic N) is 3. The van der Waals surface area contributed by atoms with E-state index in [1.54, 1.807) is 30.0 Å². The van der Waals surface area contributed by atoms with Gasteiger partial charge in [0.15, 0.2) is 5.75 Å². The number of rotatable bonds is 5. The van der Waals surface area contributed by atoms with E-state index in [0.29, 0.717) is 32.0 Å². The molecule has 1 N–H and O–H groups in total. The van der Waals surface area contributed by atoms with Gasteiger partial charge in [-0.15, -0.1) is 11.3 Å². The lowest BCUT2D eigenvalue weighted by atomic mass is 10.0. The minimum atomic E-state index is -0.193. The molecule has 6 rings (SSSR count). The number of thiophene rings is 1. The van der Waals surface area contributed by atoms with E-state index in [1.807, 2.05) is 18.2 Å². The van der Waals surface area contributed by atoms with Crippen molar-refractivity contribution in [1.29, 1.82) is 0 Å². The summed E-state index contributed by atoms with van der Waals surface area (Å²) in [4.78, 5) is 19.4. The maximum atomic E-state index is 13.9. The topological polar surface area (TPSA) is 90.4 Å². The number of hydrogen-bond acceptors (Lipinski definition) is 7. The van der Waals surface area contributed by atoms with E-state index in [-0.39, 0.29) is 22.9 Å². The highest BCUT2D eigenvalue weighted by Gasteiger charge is 2.29. The van der Waals surface area contributed by atoms with Gasteiger partial charge in [0.05, 0.1) is 35.0 Å². The normalized spacial score (nSPS) is 13.8. The number of ether oxygens (including phenoxy) is 1. The molecule has 0 spiro atoms. The highest BCUT2D eigenvalue weighted by Crippen LogP contribution is 2.46.